The zero-order valence-corrected chi connectivity index (χ0v) is 29.1. The number of carbonyl (C=O) groups is 2. The molecule has 2 heterocycles. The zero-order valence-electron chi connectivity index (χ0n) is 27.5. The van der Waals surface area contributed by atoms with Crippen LogP contribution in [0.5, 0.6) is 17.2 Å². The number of Topliss-reactive ketones (excluding diaryl/α,β-unsaturated/α-hetero) is 1. The third-order valence-corrected chi connectivity index (χ3v) is 10.0. The second-order valence-corrected chi connectivity index (χ2v) is 13.5. The van der Waals surface area contributed by atoms with Crippen LogP contribution >= 0.6 is 23.1 Å². The fourth-order valence-electron chi connectivity index (χ4n) is 5.31. The normalized spacial score (nSPS) is 15.6. The van der Waals surface area contributed by atoms with Crippen molar-refractivity contribution < 1.29 is 28.9 Å². The fourth-order valence-corrected chi connectivity index (χ4v) is 7.13. The molecule has 252 valence electrons. The van der Waals surface area contributed by atoms with Crippen LogP contribution in [0.4, 0.5) is 5.13 Å². The topological polar surface area (TPSA) is 111 Å². The van der Waals surface area contributed by atoms with Gasteiger partial charge in [0.1, 0.15) is 11.5 Å². The van der Waals surface area contributed by atoms with Crippen molar-refractivity contribution in [3.63, 3.8) is 0 Å². The molecule has 0 unspecified atom stereocenters. The minimum atomic E-state index is -0.988. The molecule has 0 bridgehead atoms. The first kappa shape index (κ1) is 35.0. The van der Waals surface area contributed by atoms with Crippen molar-refractivity contribution >= 4 is 45.7 Å². The highest BCUT2D eigenvalue weighted by Gasteiger charge is 2.48. The third kappa shape index (κ3) is 8.38. The SMILES string of the molecule is CCCCCCOc1ccc([C@H]2C(=C(O)c3ccc(OCCCC)cc3)C(=O)C(=O)N2c2nnc(SCc3ccccc3)s2)cc1OC. The molecule has 0 radical (unpaired) electrons. The first-order chi connectivity index (χ1) is 23.4. The van der Waals surface area contributed by atoms with E-state index < -0.39 is 17.7 Å². The van der Waals surface area contributed by atoms with E-state index in [1.54, 1.807) is 49.6 Å². The number of methoxy groups -OCH3 is 1. The summed E-state index contributed by atoms with van der Waals surface area (Å²) in [6, 6.07) is 21.1. The van der Waals surface area contributed by atoms with E-state index in [1.807, 2.05) is 30.3 Å². The van der Waals surface area contributed by atoms with Crippen LogP contribution in [-0.4, -0.2) is 47.3 Å². The first-order valence-corrected chi connectivity index (χ1v) is 18.1. The largest absolute Gasteiger partial charge is 0.507 e. The lowest BCUT2D eigenvalue weighted by atomic mass is 9.95. The average molecular weight is 688 g/mol. The first-order valence-electron chi connectivity index (χ1n) is 16.3. The van der Waals surface area contributed by atoms with Gasteiger partial charge in [-0.05, 0) is 60.4 Å². The second-order valence-electron chi connectivity index (χ2n) is 11.3. The molecule has 1 saturated heterocycles. The molecule has 5 rings (SSSR count). The highest BCUT2D eigenvalue weighted by atomic mass is 32.2. The van der Waals surface area contributed by atoms with Gasteiger partial charge in [0.25, 0.3) is 5.78 Å². The number of aromatic nitrogens is 2. The van der Waals surface area contributed by atoms with Gasteiger partial charge in [0.15, 0.2) is 15.8 Å². The Labute approximate surface area is 290 Å². The molecule has 1 N–H and O–H groups in total. The van der Waals surface area contributed by atoms with E-state index in [4.69, 9.17) is 14.2 Å². The van der Waals surface area contributed by atoms with E-state index in [0.29, 0.717) is 51.7 Å². The lowest BCUT2D eigenvalue weighted by molar-refractivity contribution is -0.132. The van der Waals surface area contributed by atoms with Crippen molar-refractivity contribution in [2.45, 2.75) is 68.5 Å². The Balaban J connectivity index is 1.50. The lowest BCUT2D eigenvalue weighted by Gasteiger charge is -2.23. The number of hydrogen-bond donors (Lipinski definition) is 1. The molecule has 0 saturated carbocycles. The molecule has 3 aromatic carbocycles. The predicted molar refractivity (Wildman–Crippen MR) is 190 cm³/mol. The number of aliphatic hydroxyl groups is 1. The predicted octanol–water partition coefficient (Wildman–Crippen LogP) is 8.60. The van der Waals surface area contributed by atoms with Gasteiger partial charge in [-0.3, -0.25) is 14.5 Å². The van der Waals surface area contributed by atoms with Crippen LogP contribution in [0.3, 0.4) is 0 Å². The molecule has 1 atom stereocenters. The van der Waals surface area contributed by atoms with E-state index in [0.717, 1.165) is 44.1 Å². The number of benzene rings is 3. The number of hydrogen-bond acceptors (Lipinski definition) is 10. The van der Waals surface area contributed by atoms with Gasteiger partial charge in [-0.25, -0.2) is 0 Å². The molecule has 1 fully saturated rings. The molecule has 1 aromatic heterocycles. The Morgan fingerprint density at radius 2 is 1.62 bits per heavy atom. The maximum absolute atomic E-state index is 13.8. The van der Waals surface area contributed by atoms with Gasteiger partial charge < -0.3 is 19.3 Å². The summed E-state index contributed by atoms with van der Waals surface area (Å²) in [7, 11) is 1.55. The van der Waals surface area contributed by atoms with Crippen molar-refractivity contribution in [3.8, 4) is 17.2 Å². The summed E-state index contributed by atoms with van der Waals surface area (Å²) in [6.45, 7) is 5.38. The smallest absolute Gasteiger partial charge is 0.301 e. The number of carbonyl (C=O) groups excluding carboxylic acids is 2. The Hall–Kier alpha value is -4.35. The van der Waals surface area contributed by atoms with Crippen molar-refractivity contribution in [1.82, 2.24) is 10.2 Å². The van der Waals surface area contributed by atoms with Crippen LogP contribution in [0.25, 0.3) is 5.76 Å². The number of ketones is 1. The standard InChI is InChI=1S/C37H41N3O6S2/c1-4-6-8-12-22-46-29-20-17-27(23-30(29)44-3)32-31(33(41)26-15-18-28(19-16-26)45-21-7-5-2)34(42)35(43)40(32)36-38-39-37(48-36)47-24-25-13-10-9-11-14-25/h9-11,13-20,23,32,41H,4-8,12,21-22,24H2,1-3H3/t32-/m0/s1. The molecule has 48 heavy (non-hydrogen) atoms. The summed E-state index contributed by atoms with van der Waals surface area (Å²) in [5.41, 5.74) is 2.01. The number of unbranched alkanes of at least 4 members (excludes halogenated alkanes) is 4. The van der Waals surface area contributed by atoms with Gasteiger partial charge in [0.05, 0.1) is 31.9 Å². The van der Waals surface area contributed by atoms with Crippen LogP contribution in [0, 0.1) is 0 Å². The Kier molecular flexibility index (Phi) is 12.5. The third-order valence-electron chi connectivity index (χ3n) is 7.90. The molecule has 0 aliphatic carbocycles. The summed E-state index contributed by atoms with van der Waals surface area (Å²) in [4.78, 5) is 28.8. The summed E-state index contributed by atoms with van der Waals surface area (Å²) in [5, 5.41) is 20.6. The fraction of sp³-hybridized carbons (Fsp3) is 0.351. The molecule has 1 aliphatic rings. The highest BCUT2D eigenvalue weighted by molar-refractivity contribution is 8.00. The van der Waals surface area contributed by atoms with E-state index in [2.05, 4.69) is 24.0 Å². The monoisotopic (exact) mass is 687 g/mol. The van der Waals surface area contributed by atoms with Crippen molar-refractivity contribution in [3.05, 3.63) is 95.1 Å². The van der Waals surface area contributed by atoms with Crippen LogP contribution in [0.15, 0.2) is 82.7 Å². The Bertz CT molecular complexity index is 1710. The summed E-state index contributed by atoms with van der Waals surface area (Å²) >= 11 is 2.72. The van der Waals surface area contributed by atoms with Crippen LogP contribution in [0.2, 0.25) is 0 Å². The van der Waals surface area contributed by atoms with Crippen LogP contribution in [0.1, 0.15) is 75.1 Å². The summed E-state index contributed by atoms with van der Waals surface area (Å²) in [5.74, 6) is 0.437. The zero-order chi connectivity index (χ0) is 33.9. The minimum absolute atomic E-state index is 0.0522. The van der Waals surface area contributed by atoms with E-state index in [9.17, 15) is 14.7 Å². The van der Waals surface area contributed by atoms with Gasteiger partial charge in [0.2, 0.25) is 5.13 Å². The van der Waals surface area contributed by atoms with Crippen molar-refractivity contribution in [1.29, 1.82) is 0 Å². The Morgan fingerprint density at radius 3 is 2.35 bits per heavy atom. The number of aliphatic hydroxyl groups excluding tert-OH is 1. The second kappa shape index (κ2) is 17.2. The molecule has 9 nitrogen and oxygen atoms in total. The van der Waals surface area contributed by atoms with Gasteiger partial charge in [0, 0.05) is 11.3 Å². The number of thioether (sulfide) groups is 1. The molecular weight excluding hydrogens is 647 g/mol. The molecule has 1 aliphatic heterocycles. The molecule has 4 aromatic rings. The van der Waals surface area contributed by atoms with Crippen LogP contribution in [-0.2, 0) is 15.3 Å². The Morgan fingerprint density at radius 1 is 0.875 bits per heavy atom. The van der Waals surface area contributed by atoms with Gasteiger partial charge in [-0.1, -0.05) is 99.0 Å². The minimum Gasteiger partial charge on any atom is -0.507 e. The number of ether oxygens (including phenoxy) is 3. The summed E-state index contributed by atoms with van der Waals surface area (Å²) in [6.07, 6.45) is 6.21. The van der Waals surface area contributed by atoms with Crippen LogP contribution < -0.4 is 19.1 Å². The summed E-state index contributed by atoms with van der Waals surface area (Å²) < 4.78 is 18.2. The van der Waals surface area contributed by atoms with Crippen molar-refractivity contribution in [2.24, 2.45) is 0 Å². The quantitative estimate of drug-likeness (QED) is 0.0291. The molecular formula is C37H41N3O6S2. The molecule has 1 amide bonds. The van der Waals surface area contributed by atoms with Gasteiger partial charge in [-0.2, -0.15) is 0 Å². The van der Waals surface area contributed by atoms with E-state index >= 15 is 0 Å². The van der Waals surface area contributed by atoms with E-state index in [-0.39, 0.29) is 16.5 Å². The molecule has 0 spiro atoms. The maximum Gasteiger partial charge on any atom is 0.301 e. The number of anilines is 1. The maximum atomic E-state index is 13.8. The van der Waals surface area contributed by atoms with E-state index in [1.165, 1.54) is 28.0 Å². The molecule has 11 heteroatoms. The lowest BCUT2D eigenvalue weighted by Crippen LogP contribution is -2.29. The number of nitrogens with zero attached hydrogens (tertiary/aromatic N) is 3. The van der Waals surface area contributed by atoms with Gasteiger partial charge >= 0.3 is 5.91 Å². The van der Waals surface area contributed by atoms with Crippen molar-refractivity contribution in [2.75, 3.05) is 25.2 Å². The highest BCUT2D eigenvalue weighted by Crippen LogP contribution is 2.45. The average Bonchev–Trinajstić information content (AvgIpc) is 3.69. The van der Waals surface area contributed by atoms with Gasteiger partial charge in [-0.15, -0.1) is 10.2 Å². The number of rotatable bonds is 17. The number of amides is 1.